The van der Waals surface area contributed by atoms with E-state index in [1.807, 2.05) is 56.5 Å². The molecule has 26 aromatic rings. The SMILES string of the molecule is c1ccc(-c2ccc(-c3ccc(-c4nc(-c5ccc(-c6ccc(-c7ccccc7)cc6)cc5)n(-c5ccc(-c6ccc(-c7ccccc7)cc6)cc5)n4)cc3)cc2)cc1.c1ccc(-c2ccc(-c3ccc(-c4nc(-c5cccc6ccccc56)n(-c5cccc6ccccc56)n4)cc3)cc2)cc1.c1ccc(-n2nc(-c3ccc(-c4cccc5ccccc45)cc3)nc2-c2ccc(-c3cccc4ccccc34)cc2)cc1. The molecule has 0 radical (unpaired) electrons. The molecule has 0 saturated heterocycles. The number of benzene rings is 23. The smallest absolute Gasteiger partial charge is 0.182 e. The van der Waals surface area contributed by atoms with Crippen molar-refractivity contribution in [1.82, 2.24) is 44.3 Å². The van der Waals surface area contributed by atoms with Crippen LogP contribution >= 0.6 is 0 Å². The van der Waals surface area contributed by atoms with Gasteiger partial charge in [-0.1, -0.05) is 534 Å². The molecule has 0 amide bonds. The van der Waals surface area contributed by atoms with Gasteiger partial charge in [0.05, 0.1) is 17.1 Å². The Labute approximate surface area is 842 Å². The normalized spacial score (nSPS) is 11.2. The van der Waals surface area contributed by atoms with Crippen LogP contribution < -0.4 is 0 Å². The Morgan fingerprint density at radius 1 is 0.117 bits per heavy atom. The van der Waals surface area contributed by atoms with Crippen LogP contribution in [0.3, 0.4) is 0 Å². The molecule has 3 aromatic heterocycles. The lowest BCUT2D eigenvalue weighted by Gasteiger charge is -2.11. The first kappa shape index (κ1) is 88.2. The minimum absolute atomic E-state index is 0.673. The van der Waals surface area contributed by atoms with E-state index >= 15 is 0 Å². The highest BCUT2D eigenvalue weighted by Gasteiger charge is 2.23. The predicted octanol–water partition coefficient (Wildman–Crippen LogP) is 35.1. The Hall–Kier alpha value is -19.5. The fraction of sp³-hybridized carbons (Fsp3) is 0. The van der Waals surface area contributed by atoms with E-state index in [1.54, 1.807) is 0 Å². The zero-order chi connectivity index (χ0) is 96.6. The maximum atomic E-state index is 5.19. The van der Waals surface area contributed by atoms with Crippen LogP contribution in [0.25, 0.3) is 240 Å². The van der Waals surface area contributed by atoms with Crippen molar-refractivity contribution in [2.24, 2.45) is 0 Å². The van der Waals surface area contributed by atoms with Crippen LogP contribution in [-0.4, -0.2) is 44.3 Å². The molecule has 0 fully saturated rings. The molecule has 9 nitrogen and oxygen atoms in total. The lowest BCUT2D eigenvalue weighted by molar-refractivity contribution is 0.890. The van der Waals surface area contributed by atoms with Crippen molar-refractivity contribution in [2.45, 2.75) is 0 Å². The molecule has 0 saturated carbocycles. The van der Waals surface area contributed by atoms with Crippen molar-refractivity contribution >= 4 is 43.1 Å². The van der Waals surface area contributed by atoms with E-state index in [-0.39, 0.29) is 0 Å². The third-order valence-corrected chi connectivity index (χ3v) is 27.2. The van der Waals surface area contributed by atoms with Crippen LogP contribution in [0.15, 0.2) is 564 Å². The molecule has 3 heterocycles. The number of hydrogen-bond acceptors (Lipinski definition) is 6. The van der Waals surface area contributed by atoms with Crippen molar-refractivity contribution in [3.63, 3.8) is 0 Å². The molecule has 26 rings (SSSR count). The summed E-state index contributed by atoms with van der Waals surface area (Å²) < 4.78 is 5.92. The van der Waals surface area contributed by atoms with Crippen LogP contribution in [-0.2, 0) is 0 Å². The number of aromatic nitrogens is 9. The number of rotatable bonds is 19. The van der Waals surface area contributed by atoms with Gasteiger partial charge in [-0.3, -0.25) is 0 Å². The van der Waals surface area contributed by atoms with Gasteiger partial charge < -0.3 is 0 Å². The summed E-state index contributed by atoms with van der Waals surface area (Å²) in [5.41, 5.74) is 32.7. The highest BCUT2D eigenvalue weighted by Crippen LogP contribution is 2.41. The zero-order valence-corrected chi connectivity index (χ0v) is 79.2. The topological polar surface area (TPSA) is 92.1 Å². The highest BCUT2D eigenvalue weighted by atomic mass is 15.4. The molecule has 682 valence electrons. The van der Waals surface area contributed by atoms with E-state index in [4.69, 9.17) is 30.2 Å². The third kappa shape index (κ3) is 18.7. The van der Waals surface area contributed by atoms with Gasteiger partial charge >= 0.3 is 0 Å². The Morgan fingerprint density at radius 3 is 0.634 bits per heavy atom. The van der Waals surface area contributed by atoms with Gasteiger partial charge in [-0.15, -0.1) is 15.3 Å². The second kappa shape index (κ2) is 40.2. The molecule has 0 aliphatic rings. The summed E-state index contributed by atoms with van der Waals surface area (Å²) in [4.78, 5) is 15.5. The summed E-state index contributed by atoms with van der Waals surface area (Å²) in [6.45, 7) is 0. The van der Waals surface area contributed by atoms with Gasteiger partial charge in [0.1, 0.15) is 0 Å². The summed E-state index contributed by atoms with van der Waals surface area (Å²) in [5.74, 6) is 4.48. The van der Waals surface area contributed by atoms with Crippen LogP contribution in [0.2, 0.25) is 0 Å². The predicted molar refractivity (Wildman–Crippen MR) is 601 cm³/mol. The summed E-state index contributed by atoms with van der Waals surface area (Å²) in [7, 11) is 0. The lowest BCUT2D eigenvalue weighted by atomic mass is 9.97. The fourth-order valence-corrected chi connectivity index (χ4v) is 19.5. The number of hydrogen-bond donors (Lipinski definition) is 0. The van der Waals surface area contributed by atoms with E-state index in [9.17, 15) is 0 Å². The Bertz CT molecular complexity index is 8770. The van der Waals surface area contributed by atoms with Gasteiger partial charge in [-0.2, -0.15) is 0 Å². The van der Waals surface area contributed by atoms with Crippen LogP contribution in [0.4, 0.5) is 0 Å². The van der Waals surface area contributed by atoms with Gasteiger partial charge in [-0.25, -0.2) is 29.0 Å². The van der Waals surface area contributed by atoms with Crippen molar-refractivity contribution in [3.8, 4) is 197 Å². The van der Waals surface area contributed by atoms with Crippen LogP contribution in [0.5, 0.6) is 0 Å². The molecule has 145 heavy (non-hydrogen) atoms. The van der Waals surface area contributed by atoms with Gasteiger partial charge in [0, 0.05) is 38.8 Å². The monoisotopic (exact) mass is 1850 g/mol. The van der Waals surface area contributed by atoms with E-state index < -0.39 is 0 Å². The van der Waals surface area contributed by atoms with E-state index in [0.29, 0.717) is 17.5 Å². The first-order valence-corrected chi connectivity index (χ1v) is 49.0. The molecule has 0 unspecified atom stereocenters. The van der Waals surface area contributed by atoms with Crippen molar-refractivity contribution in [1.29, 1.82) is 0 Å². The maximum absolute atomic E-state index is 5.19. The molecular formula is C136H93N9. The summed E-state index contributed by atoms with van der Waals surface area (Å²) in [6, 6.07) is 198. The molecule has 0 N–H and O–H groups in total. The summed E-state index contributed by atoms with van der Waals surface area (Å²) in [6.07, 6.45) is 0. The quantitative estimate of drug-likeness (QED) is 0.0801. The second-order valence-electron chi connectivity index (χ2n) is 36.1. The molecule has 23 aromatic carbocycles. The van der Waals surface area contributed by atoms with E-state index in [1.165, 1.54) is 116 Å². The van der Waals surface area contributed by atoms with Crippen molar-refractivity contribution in [3.05, 3.63) is 564 Å². The molecule has 0 atom stereocenters. The average molecular weight is 1850 g/mol. The zero-order valence-electron chi connectivity index (χ0n) is 79.2. The molecular weight excluding hydrogens is 1760 g/mol. The molecule has 0 bridgehead atoms. The first-order chi connectivity index (χ1) is 71.8. The van der Waals surface area contributed by atoms with Gasteiger partial charge in [0.15, 0.2) is 34.9 Å². The van der Waals surface area contributed by atoms with Gasteiger partial charge in [-0.05, 0) is 179 Å². The molecule has 0 spiro atoms. The van der Waals surface area contributed by atoms with Gasteiger partial charge in [0.25, 0.3) is 0 Å². The first-order valence-electron chi connectivity index (χ1n) is 49.0. The molecule has 9 heteroatoms. The van der Waals surface area contributed by atoms with Crippen molar-refractivity contribution in [2.75, 3.05) is 0 Å². The standard InChI is InChI=1S/C56H39N3.2C40H27N3/c1-4-10-40(11-5-1)43-16-22-46(23-17-43)49-28-32-52(33-29-49)55-57-56(53-34-30-50(31-35-53)47-24-18-44(19-25-47)41-12-6-2-7-13-41)59(58-55)54-38-36-51(37-39-54)48-26-20-45(21-27-48)42-14-8-3-9-15-42;1-2-14-34(15-3-1)43-40(33-26-22-31(23-27-33)38-19-9-13-29-11-5-7-17-36(29)38)41-39(42-43)32-24-20-30(21-25-32)37-18-8-12-28-10-4-6-16-35(28)37;1-2-10-28(11-3-1)29-20-22-30(23-21-29)31-24-26-34(27-25-31)39-41-40(37-18-8-14-32-12-4-6-16-35(32)37)43(42-39)38-19-9-15-33-13-5-7-17-36(33)38/h1-39H;2*1-27H. The number of nitrogens with zero attached hydrogens (tertiary/aromatic N) is 9. The number of para-hydroxylation sites is 1. The largest absolute Gasteiger partial charge is 0.213 e. The lowest BCUT2D eigenvalue weighted by Crippen LogP contribution is -2.01. The van der Waals surface area contributed by atoms with Gasteiger partial charge in [0.2, 0.25) is 0 Å². The fourth-order valence-electron chi connectivity index (χ4n) is 19.5. The number of fused-ring (bicyclic) bond motifs is 4. The minimum atomic E-state index is 0.673. The van der Waals surface area contributed by atoms with E-state index in [0.717, 1.165) is 107 Å². The molecule has 0 aliphatic heterocycles. The Balaban J connectivity index is 0.000000119. The van der Waals surface area contributed by atoms with E-state index in [2.05, 4.69) is 522 Å². The Kier molecular flexibility index (Phi) is 24.4. The van der Waals surface area contributed by atoms with Crippen LogP contribution in [0, 0.1) is 0 Å². The third-order valence-electron chi connectivity index (χ3n) is 27.2. The Morgan fingerprint density at radius 2 is 0.317 bits per heavy atom. The minimum Gasteiger partial charge on any atom is -0.213 e. The average Bonchev–Trinajstić information content (AvgIpc) is 1.75. The summed E-state index contributed by atoms with van der Waals surface area (Å²) in [5, 5.41) is 24.9. The van der Waals surface area contributed by atoms with Crippen LogP contribution in [0.1, 0.15) is 0 Å². The maximum Gasteiger partial charge on any atom is 0.182 e. The summed E-state index contributed by atoms with van der Waals surface area (Å²) >= 11 is 0. The molecule has 0 aliphatic carbocycles. The highest BCUT2D eigenvalue weighted by molar-refractivity contribution is 6.00. The second-order valence-corrected chi connectivity index (χ2v) is 36.1. The van der Waals surface area contributed by atoms with Crippen molar-refractivity contribution < 1.29 is 0 Å².